The molecule has 2 heteroatoms. The quantitative estimate of drug-likeness (QED) is 0.206. The molecule has 188 valence electrons. The minimum absolute atomic E-state index is 1.14. The van der Waals surface area contributed by atoms with Crippen LogP contribution in [0.3, 0.4) is 0 Å². The summed E-state index contributed by atoms with van der Waals surface area (Å²) >= 11 is 1.86. The average Bonchev–Trinajstić information content (AvgIpc) is 3.40. The fourth-order valence-electron chi connectivity index (χ4n) is 6.10. The molecule has 0 N–H and O–H groups in total. The van der Waals surface area contributed by atoms with E-state index in [1.165, 1.54) is 58.5 Å². The second-order valence-electron chi connectivity index (χ2n) is 10.1. The summed E-state index contributed by atoms with van der Waals surface area (Å²) in [5.74, 6) is 0. The molecule has 7 aromatic carbocycles. The molecule has 0 aliphatic rings. The first-order valence-electron chi connectivity index (χ1n) is 13.6. The van der Waals surface area contributed by atoms with Gasteiger partial charge in [-0.1, -0.05) is 115 Å². The maximum absolute atomic E-state index is 2.45. The second kappa shape index (κ2) is 9.37. The number of thiophene rings is 1. The molecule has 0 amide bonds. The SMILES string of the molecule is c1ccc(-c2c3ccccc3c(N(c3ccccc3)c3ccc4sc5ccccc5c4c3)c3ccccc23)cc1. The van der Waals surface area contributed by atoms with E-state index in [-0.39, 0.29) is 0 Å². The Balaban J connectivity index is 1.50. The van der Waals surface area contributed by atoms with E-state index in [9.17, 15) is 0 Å². The molecule has 0 bridgehead atoms. The van der Waals surface area contributed by atoms with Crippen LogP contribution in [0.15, 0.2) is 152 Å². The molecular weight excluding hydrogens is 502 g/mol. The van der Waals surface area contributed by atoms with Crippen molar-refractivity contribution in [2.24, 2.45) is 0 Å². The van der Waals surface area contributed by atoms with Gasteiger partial charge < -0.3 is 4.90 Å². The lowest BCUT2D eigenvalue weighted by atomic mass is 9.90. The van der Waals surface area contributed by atoms with Crippen LogP contribution in [0.2, 0.25) is 0 Å². The molecule has 8 aromatic rings. The average molecular weight is 528 g/mol. The first-order valence-corrected chi connectivity index (χ1v) is 14.4. The molecule has 0 unspecified atom stereocenters. The van der Waals surface area contributed by atoms with Gasteiger partial charge in [-0.15, -0.1) is 11.3 Å². The van der Waals surface area contributed by atoms with Gasteiger partial charge in [-0.3, -0.25) is 0 Å². The highest BCUT2D eigenvalue weighted by Gasteiger charge is 2.22. The van der Waals surface area contributed by atoms with Crippen LogP contribution in [-0.2, 0) is 0 Å². The van der Waals surface area contributed by atoms with E-state index in [2.05, 4.69) is 157 Å². The van der Waals surface area contributed by atoms with Gasteiger partial charge in [-0.2, -0.15) is 0 Å². The Morgan fingerprint density at radius 3 is 1.57 bits per heavy atom. The normalized spacial score (nSPS) is 11.5. The number of para-hydroxylation sites is 1. The summed E-state index contributed by atoms with van der Waals surface area (Å²) in [6, 6.07) is 54.9. The summed E-state index contributed by atoms with van der Waals surface area (Å²) in [6.45, 7) is 0. The van der Waals surface area contributed by atoms with E-state index < -0.39 is 0 Å². The van der Waals surface area contributed by atoms with Crippen molar-refractivity contribution in [2.45, 2.75) is 0 Å². The molecule has 0 aliphatic carbocycles. The number of benzene rings is 7. The van der Waals surface area contributed by atoms with E-state index in [0.29, 0.717) is 0 Å². The Morgan fingerprint density at radius 2 is 0.900 bits per heavy atom. The number of hydrogen-bond acceptors (Lipinski definition) is 2. The van der Waals surface area contributed by atoms with Crippen LogP contribution in [0.1, 0.15) is 0 Å². The highest BCUT2D eigenvalue weighted by Crippen LogP contribution is 2.48. The van der Waals surface area contributed by atoms with Crippen molar-refractivity contribution in [1.29, 1.82) is 0 Å². The van der Waals surface area contributed by atoms with Crippen molar-refractivity contribution in [2.75, 3.05) is 4.90 Å². The van der Waals surface area contributed by atoms with Crippen LogP contribution >= 0.6 is 11.3 Å². The Hall–Kier alpha value is -4.92. The highest BCUT2D eigenvalue weighted by atomic mass is 32.1. The third kappa shape index (κ3) is 3.61. The molecule has 0 saturated heterocycles. The van der Waals surface area contributed by atoms with Crippen molar-refractivity contribution in [3.8, 4) is 11.1 Å². The van der Waals surface area contributed by atoms with Gasteiger partial charge in [-0.05, 0) is 58.3 Å². The molecule has 0 fully saturated rings. The molecule has 1 aromatic heterocycles. The van der Waals surface area contributed by atoms with Crippen LogP contribution in [0.5, 0.6) is 0 Å². The first kappa shape index (κ1) is 23.0. The smallest absolute Gasteiger partial charge is 0.0618 e. The van der Waals surface area contributed by atoms with Gasteiger partial charge in [-0.25, -0.2) is 0 Å². The number of hydrogen-bond donors (Lipinski definition) is 0. The fraction of sp³-hybridized carbons (Fsp3) is 0. The van der Waals surface area contributed by atoms with Crippen LogP contribution in [0.25, 0.3) is 52.8 Å². The molecule has 0 atom stereocenters. The standard InChI is InChI=1S/C38H25NS/c1-3-13-26(14-4-1)37-30-18-7-9-20-32(30)38(33-21-10-8-19-31(33)37)39(27-15-5-2-6-16-27)28-23-24-36-34(25-28)29-17-11-12-22-35(29)40-36/h1-25H. The summed E-state index contributed by atoms with van der Waals surface area (Å²) in [7, 11) is 0. The molecule has 0 spiro atoms. The van der Waals surface area contributed by atoms with Crippen LogP contribution in [0.4, 0.5) is 17.1 Å². The van der Waals surface area contributed by atoms with Gasteiger partial charge >= 0.3 is 0 Å². The lowest BCUT2D eigenvalue weighted by Crippen LogP contribution is -2.11. The number of nitrogens with zero attached hydrogens (tertiary/aromatic N) is 1. The first-order chi connectivity index (χ1) is 19.9. The molecule has 0 aliphatic heterocycles. The zero-order valence-electron chi connectivity index (χ0n) is 21.8. The van der Waals surface area contributed by atoms with Gasteiger partial charge in [0.1, 0.15) is 0 Å². The van der Waals surface area contributed by atoms with Crippen LogP contribution in [0, 0.1) is 0 Å². The van der Waals surface area contributed by atoms with Crippen molar-refractivity contribution >= 4 is 70.1 Å². The third-order valence-electron chi connectivity index (χ3n) is 7.82. The predicted molar refractivity (Wildman–Crippen MR) is 174 cm³/mol. The largest absolute Gasteiger partial charge is 0.309 e. The molecule has 1 heterocycles. The topological polar surface area (TPSA) is 3.24 Å². The summed E-state index contributed by atoms with van der Waals surface area (Å²) in [5.41, 5.74) is 6.02. The Morgan fingerprint density at radius 1 is 0.375 bits per heavy atom. The van der Waals surface area contributed by atoms with Gasteiger partial charge in [0.05, 0.1) is 5.69 Å². The summed E-state index contributed by atoms with van der Waals surface area (Å²) in [5, 5.41) is 7.59. The van der Waals surface area contributed by atoms with E-state index in [1.807, 2.05) is 11.3 Å². The van der Waals surface area contributed by atoms with E-state index in [1.54, 1.807) is 0 Å². The van der Waals surface area contributed by atoms with Crippen molar-refractivity contribution < 1.29 is 0 Å². The van der Waals surface area contributed by atoms with Crippen molar-refractivity contribution in [3.05, 3.63) is 152 Å². The van der Waals surface area contributed by atoms with E-state index >= 15 is 0 Å². The number of anilines is 3. The van der Waals surface area contributed by atoms with Crippen molar-refractivity contribution in [3.63, 3.8) is 0 Å². The number of fused-ring (bicyclic) bond motifs is 5. The third-order valence-corrected chi connectivity index (χ3v) is 8.97. The Kier molecular flexibility index (Phi) is 5.39. The van der Waals surface area contributed by atoms with Gasteiger partial charge in [0.2, 0.25) is 0 Å². The lowest BCUT2D eigenvalue weighted by molar-refractivity contribution is 1.32. The zero-order valence-corrected chi connectivity index (χ0v) is 22.6. The van der Waals surface area contributed by atoms with Gasteiger partial charge in [0, 0.05) is 42.3 Å². The maximum atomic E-state index is 2.45. The summed E-state index contributed by atoms with van der Waals surface area (Å²) in [6.07, 6.45) is 0. The van der Waals surface area contributed by atoms with Crippen LogP contribution in [-0.4, -0.2) is 0 Å². The maximum Gasteiger partial charge on any atom is 0.0618 e. The minimum atomic E-state index is 1.14. The molecule has 0 saturated carbocycles. The fourth-order valence-corrected chi connectivity index (χ4v) is 7.19. The Bertz CT molecular complexity index is 2100. The van der Waals surface area contributed by atoms with Gasteiger partial charge in [0.25, 0.3) is 0 Å². The predicted octanol–water partition coefficient (Wildman–Crippen LogP) is 11.5. The van der Waals surface area contributed by atoms with E-state index in [0.717, 1.165) is 11.4 Å². The molecular formula is C38H25NS. The minimum Gasteiger partial charge on any atom is -0.309 e. The second-order valence-corrected chi connectivity index (χ2v) is 11.2. The molecule has 1 nitrogen and oxygen atoms in total. The summed E-state index contributed by atoms with van der Waals surface area (Å²) < 4.78 is 2.64. The van der Waals surface area contributed by atoms with Crippen LogP contribution < -0.4 is 4.90 Å². The van der Waals surface area contributed by atoms with Crippen molar-refractivity contribution in [1.82, 2.24) is 0 Å². The monoisotopic (exact) mass is 527 g/mol. The molecule has 40 heavy (non-hydrogen) atoms. The van der Waals surface area contributed by atoms with Gasteiger partial charge in [0.15, 0.2) is 0 Å². The molecule has 0 radical (unpaired) electrons. The Labute approximate surface area is 237 Å². The molecule has 8 rings (SSSR count). The summed E-state index contributed by atoms with van der Waals surface area (Å²) in [4.78, 5) is 2.45. The highest BCUT2D eigenvalue weighted by molar-refractivity contribution is 7.25. The lowest BCUT2D eigenvalue weighted by Gasteiger charge is -2.29. The zero-order chi connectivity index (χ0) is 26.5. The number of rotatable bonds is 4. The van der Waals surface area contributed by atoms with E-state index in [4.69, 9.17) is 0 Å².